The number of ether oxygens (including phenoxy) is 1. The van der Waals surface area contributed by atoms with Gasteiger partial charge in [-0.25, -0.2) is 4.39 Å². The number of methoxy groups -OCH3 is 1. The molecule has 0 bridgehead atoms. The number of hydrogen-bond donors (Lipinski definition) is 0. The Hall–Kier alpha value is -2.16. The molecule has 0 N–H and O–H groups in total. The first-order valence-electron chi connectivity index (χ1n) is 6.12. The van der Waals surface area contributed by atoms with Crippen LogP contribution in [-0.4, -0.2) is 12.9 Å². The highest BCUT2D eigenvalue weighted by atomic mass is 19.1. The van der Waals surface area contributed by atoms with E-state index in [9.17, 15) is 9.18 Å². The summed E-state index contributed by atoms with van der Waals surface area (Å²) in [6, 6.07) is 14.1. The molecule has 19 heavy (non-hydrogen) atoms. The van der Waals surface area contributed by atoms with Gasteiger partial charge in [0.1, 0.15) is 0 Å². The molecule has 0 amide bonds. The van der Waals surface area contributed by atoms with Gasteiger partial charge in [0.25, 0.3) is 0 Å². The van der Waals surface area contributed by atoms with Crippen molar-refractivity contribution in [3.8, 4) is 5.75 Å². The number of Topliss-reactive ketones (excluding diaryl/α,β-unsaturated/α-hetero) is 1. The van der Waals surface area contributed by atoms with Gasteiger partial charge in [0.05, 0.1) is 12.7 Å². The molecule has 0 fully saturated rings. The van der Waals surface area contributed by atoms with Gasteiger partial charge in [0.2, 0.25) is 0 Å². The van der Waals surface area contributed by atoms with Gasteiger partial charge in [0, 0.05) is 6.42 Å². The van der Waals surface area contributed by atoms with Gasteiger partial charge in [0.15, 0.2) is 17.3 Å². The zero-order chi connectivity index (χ0) is 13.7. The summed E-state index contributed by atoms with van der Waals surface area (Å²) in [6.07, 6.45) is 0.975. The number of carbonyl (C=O) groups excluding carboxylic acids is 1. The highest BCUT2D eigenvalue weighted by molar-refractivity contribution is 5.98. The summed E-state index contributed by atoms with van der Waals surface area (Å²) in [5.41, 5.74) is 1.39. The molecule has 0 atom stereocenters. The second kappa shape index (κ2) is 6.14. The maximum Gasteiger partial charge on any atom is 0.167 e. The number of carbonyl (C=O) groups is 1. The molecule has 0 saturated carbocycles. The Labute approximate surface area is 111 Å². The number of rotatable bonds is 5. The maximum absolute atomic E-state index is 13.5. The minimum absolute atomic E-state index is 0.0283. The summed E-state index contributed by atoms with van der Waals surface area (Å²) in [6.45, 7) is 0. The van der Waals surface area contributed by atoms with Crippen LogP contribution in [0.1, 0.15) is 22.3 Å². The van der Waals surface area contributed by atoms with Crippen molar-refractivity contribution >= 4 is 5.78 Å². The van der Waals surface area contributed by atoms with Crippen molar-refractivity contribution in [2.45, 2.75) is 12.8 Å². The Bertz CT molecular complexity index is 564. The minimum atomic E-state index is -0.506. The standard InChI is InChI=1S/C16H15FO2/c1-19-16-13(8-5-9-14(16)17)15(18)11-10-12-6-3-2-4-7-12/h2-9H,10-11H2,1H3. The molecule has 0 unspecified atom stereocenters. The van der Waals surface area contributed by atoms with E-state index in [1.165, 1.54) is 19.2 Å². The van der Waals surface area contributed by atoms with Crippen LogP contribution in [0, 0.1) is 5.82 Å². The lowest BCUT2D eigenvalue weighted by Crippen LogP contribution is -2.05. The molecule has 2 nitrogen and oxygen atoms in total. The van der Waals surface area contributed by atoms with Crippen molar-refractivity contribution < 1.29 is 13.9 Å². The number of halogens is 1. The number of ketones is 1. The Kier molecular flexibility index (Phi) is 4.29. The van der Waals surface area contributed by atoms with Crippen LogP contribution in [0.25, 0.3) is 0 Å². The summed E-state index contributed by atoms with van der Waals surface area (Å²) in [5, 5.41) is 0. The van der Waals surface area contributed by atoms with Crippen molar-refractivity contribution in [2.75, 3.05) is 7.11 Å². The van der Waals surface area contributed by atoms with Gasteiger partial charge < -0.3 is 4.74 Å². The Morgan fingerprint density at radius 2 is 1.84 bits per heavy atom. The lowest BCUT2D eigenvalue weighted by atomic mass is 10.0. The van der Waals surface area contributed by atoms with E-state index in [1.54, 1.807) is 6.07 Å². The predicted molar refractivity (Wildman–Crippen MR) is 72.0 cm³/mol. The normalized spacial score (nSPS) is 10.2. The summed E-state index contributed by atoms with van der Waals surface area (Å²) in [5.74, 6) is -0.589. The minimum Gasteiger partial charge on any atom is -0.493 e. The third-order valence-corrected chi connectivity index (χ3v) is 2.96. The number of hydrogen-bond acceptors (Lipinski definition) is 2. The van der Waals surface area contributed by atoms with Crippen molar-refractivity contribution in [3.05, 3.63) is 65.5 Å². The van der Waals surface area contributed by atoms with Crippen LogP contribution in [0.4, 0.5) is 4.39 Å². The first kappa shape index (κ1) is 13.3. The molecule has 0 aliphatic rings. The second-order valence-corrected chi connectivity index (χ2v) is 4.23. The van der Waals surface area contributed by atoms with Gasteiger partial charge in [-0.1, -0.05) is 36.4 Å². The van der Waals surface area contributed by atoms with E-state index in [0.29, 0.717) is 18.4 Å². The van der Waals surface area contributed by atoms with Gasteiger partial charge in [-0.3, -0.25) is 4.79 Å². The van der Waals surface area contributed by atoms with Crippen LogP contribution in [0.5, 0.6) is 5.75 Å². The van der Waals surface area contributed by atoms with E-state index in [1.807, 2.05) is 30.3 Å². The first-order chi connectivity index (χ1) is 9.22. The highest BCUT2D eigenvalue weighted by Crippen LogP contribution is 2.23. The summed E-state index contributed by atoms with van der Waals surface area (Å²) in [4.78, 5) is 12.1. The molecule has 0 saturated heterocycles. The van der Waals surface area contributed by atoms with E-state index >= 15 is 0 Å². The molecular formula is C16H15FO2. The van der Waals surface area contributed by atoms with E-state index < -0.39 is 5.82 Å². The maximum atomic E-state index is 13.5. The van der Waals surface area contributed by atoms with Crippen molar-refractivity contribution in [1.82, 2.24) is 0 Å². The van der Waals surface area contributed by atoms with Crippen LogP contribution >= 0.6 is 0 Å². The van der Waals surface area contributed by atoms with E-state index in [4.69, 9.17) is 4.74 Å². The summed E-state index contributed by atoms with van der Waals surface area (Å²) in [7, 11) is 1.37. The molecule has 0 aliphatic heterocycles. The fourth-order valence-electron chi connectivity index (χ4n) is 1.97. The number of aryl methyl sites for hydroxylation is 1. The third kappa shape index (κ3) is 3.19. The van der Waals surface area contributed by atoms with E-state index in [-0.39, 0.29) is 11.5 Å². The Morgan fingerprint density at radius 3 is 2.53 bits per heavy atom. The molecule has 2 rings (SSSR count). The largest absolute Gasteiger partial charge is 0.493 e. The average molecular weight is 258 g/mol. The third-order valence-electron chi connectivity index (χ3n) is 2.96. The molecule has 0 aliphatic carbocycles. The number of para-hydroxylation sites is 1. The monoisotopic (exact) mass is 258 g/mol. The summed E-state index contributed by atoms with van der Waals surface area (Å²) < 4.78 is 18.5. The smallest absolute Gasteiger partial charge is 0.167 e. The lowest BCUT2D eigenvalue weighted by molar-refractivity contribution is 0.0979. The molecule has 2 aromatic rings. The molecular weight excluding hydrogens is 243 g/mol. The highest BCUT2D eigenvalue weighted by Gasteiger charge is 2.15. The van der Waals surface area contributed by atoms with Crippen molar-refractivity contribution in [3.63, 3.8) is 0 Å². The molecule has 0 spiro atoms. The predicted octanol–water partition coefficient (Wildman–Crippen LogP) is 3.65. The van der Waals surface area contributed by atoms with Gasteiger partial charge >= 0.3 is 0 Å². The van der Waals surface area contributed by atoms with Gasteiger partial charge in [-0.15, -0.1) is 0 Å². The topological polar surface area (TPSA) is 26.3 Å². The quantitative estimate of drug-likeness (QED) is 0.765. The average Bonchev–Trinajstić information content (AvgIpc) is 2.45. The van der Waals surface area contributed by atoms with Crippen molar-refractivity contribution in [2.24, 2.45) is 0 Å². The van der Waals surface area contributed by atoms with Crippen LogP contribution in [0.2, 0.25) is 0 Å². The fourth-order valence-corrected chi connectivity index (χ4v) is 1.97. The van der Waals surface area contributed by atoms with E-state index in [0.717, 1.165) is 5.56 Å². The zero-order valence-corrected chi connectivity index (χ0v) is 10.7. The molecule has 0 heterocycles. The van der Waals surface area contributed by atoms with Crippen molar-refractivity contribution in [1.29, 1.82) is 0 Å². The molecule has 0 radical (unpaired) electrons. The number of benzene rings is 2. The molecule has 2 aromatic carbocycles. The first-order valence-corrected chi connectivity index (χ1v) is 6.12. The fraction of sp³-hybridized carbons (Fsp3) is 0.188. The SMILES string of the molecule is COc1c(F)cccc1C(=O)CCc1ccccc1. The van der Waals surface area contributed by atoms with Crippen LogP contribution in [-0.2, 0) is 6.42 Å². The van der Waals surface area contributed by atoms with Crippen LogP contribution in [0.3, 0.4) is 0 Å². The Balaban J connectivity index is 2.10. The molecule has 3 heteroatoms. The molecule has 0 aromatic heterocycles. The van der Waals surface area contributed by atoms with E-state index in [2.05, 4.69) is 0 Å². The van der Waals surface area contributed by atoms with Crippen LogP contribution in [0.15, 0.2) is 48.5 Å². The van der Waals surface area contributed by atoms with Crippen LogP contribution < -0.4 is 4.74 Å². The van der Waals surface area contributed by atoms with Gasteiger partial charge in [-0.2, -0.15) is 0 Å². The second-order valence-electron chi connectivity index (χ2n) is 4.23. The zero-order valence-electron chi connectivity index (χ0n) is 10.7. The molecule has 98 valence electrons. The van der Waals surface area contributed by atoms with Gasteiger partial charge in [-0.05, 0) is 24.1 Å². The Morgan fingerprint density at radius 1 is 1.11 bits per heavy atom. The lowest BCUT2D eigenvalue weighted by Gasteiger charge is -2.08. The summed E-state index contributed by atoms with van der Waals surface area (Å²) >= 11 is 0.